The molecule has 0 aliphatic heterocycles. The molecule has 1 heterocycles. The summed E-state index contributed by atoms with van der Waals surface area (Å²) in [5, 5.41) is 11.4. The highest BCUT2D eigenvalue weighted by Crippen LogP contribution is 2.38. The van der Waals surface area contributed by atoms with E-state index < -0.39 is 0 Å². The van der Waals surface area contributed by atoms with Crippen molar-refractivity contribution >= 4 is 28.3 Å². The van der Waals surface area contributed by atoms with Gasteiger partial charge in [-0.05, 0) is 62.9 Å². The van der Waals surface area contributed by atoms with E-state index >= 15 is 0 Å². The number of aliphatic hydroxyl groups excluding tert-OH is 1. The number of aliphatic hydroxyl groups is 1. The fourth-order valence-corrected chi connectivity index (χ4v) is 4.31. The number of hydrogen-bond acceptors (Lipinski definition) is 4. The molecule has 4 nitrogen and oxygen atoms in total. The molecular formula is C24H30ClN3O. The van der Waals surface area contributed by atoms with E-state index in [0.717, 1.165) is 53.8 Å². The van der Waals surface area contributed by atoms with Gasteiger partial charge in [0.1, 0.15) is 12.4 Å². The van der Waals surface area contributed by atoms with E-state index in [1.165, 1.54) is 16.7 Å². The monoisotopic (exact) mass is 411 g/mol. The molecule has 0 bridgehead atoms. The fraction of sp³-hybridized carbons (Fsp3) is 0.417. The summed E-state index contributed by atoms with van der Waals surface area (Å²) in [5.74, 6) is 1.29. The van der Waals surface area contributed by atoms with Gasteiger partial charge in [-0.25, -0.2) is 9.97 Å². The van der Waals surface area contributed by atoms with Crippen LogP contribution in [0.25, 0.3) is 22.0 Å². The minimum absolute atomic E-state index is 0.192. The van der Waals surface area contributed by atoms with Crippen molar-refractivity contribution in [3.05, 3.63) is 51.8 Å². The van der Waals surface area contributed by atoms with Crippen molar-refractivity contribution in [2.24, 2.45) is 0 Å². The van der Waals surface area contributed by atoms with Crippen LogP contribution >= 0.6 is 11.6 Å². The predicted octanol–water partition coefficient (Wildman–Crippen LogP) is 5.99. The van der Waals surface area contributed by atoms with Crippen LogP contribution in [0.2, 0.25) is 5.02 Å². The number of nitrogens with zero attached hydrogens (tertiary/aromatic N) is 3. The molecule has 0 fully saturated rings. The van der Waals surface area contributed by atoms with Gasteiger partial charge in [0.05, 0.1) is 5.52 Å². The molecule has 0 atom stereocenters. The van der Waals surface area contributed by atoms with Crippen molar-refractivity contribution in [2.75, 3.05) is 18.0 Å². The van der Waals surface area contributed by atoms with Crippen LogP contribution in [-0.2, 0) is 6.61 Å². The van der Waals surface area contributed by atoms with Crippen LogP contribution in [0.15, 0.2) is 24.3 Å². The smallest absolute Gasteiger partial charge is 0.156 e. The summed E-state index contributed by atoms with van der Waals surface area (Å²) in [6.45, 7) is 12.2. The van der Waals surface area contributed by atoms with Crippen LogP contribution in [0.3, 0.4) is 0 Å². The topological polar surface area (TPSA) is 49.2 Å². The summed E-state index contributed by atoms with van der Waals surface area (Å²) >= 11 is 6.58. The second-order valence-corrected chi connectivity index (χ2v) is 8.11. The number of hydrogen-bond donors (Lipinski definition) is 1. The molecule has 29 heavy (non-hydrogen) atoms. The summed E-state index contributed by atoms with van der Waals surface area (Å²) in [6, 6.07) is 8.30. The van der Waals surface area contributed by atoms with E-state index in [-0.39, 0.29) is 6.61 Å². The van der Waals surface area contributed by atoms with Gasteiger partial charge < -0.3 is 10.0 Å². The summed E-state index contributed by atoms with van der Waals surface area (Å²) < 4.78 is 0. The van der Waals surface area contributed by atoms with Gasteiger partial charge >= 0.3 is 0 Å². The lowest BCUT2D eigenvalue weighted by Crippen LogP contribution is -2.25. The third-order valence-electron chi connectivity index (χ3n) is 5.34. The zero-order chi connectivity index (χ0) is 21.1. The SMILES string of the molecule is CCCCN(CC)c1nc(CO)nc2c(-c3c(C)cc(C)cc3C)cc(Cl)cc12. The first-order chi connectivity index (χ1) is 13.9. The van der Waals surface area contributed by atoms with E-state index in [2.05, 4.69) is 56.6 Å². The fourth-order valence-electron chi connectivity index (χ4n) is 4.10. The number of aromatic nitrogens is 2. The largest absolute Gasteiger partial charge is 0.388 e. The van der Waals surface area contributed by atoms with Gasteiger partial charge in [-0.3, -0.25) is 0 Å². The molecule has 5 heteroatoms. The van der Waals surface area contributed by atoms with Gasteiger partial charge in [0.25, 0.3) is 0 Å². The van der Waals surface area contributed by atoms with Crippen molar-refractivity contribution in [3.63, 3.8) is 0 Å². The first-order valence-electron chi connectivity index (χ1n) is 10.3. The number of rotatable bonds is 7. The van der Waals surface area contributed by atoms with Gasteiger partial charge in [-0.1, -0.05) is 42.6 Å². The molecule has 0 aliphatic carbocycles. The van der Waals surface area contributed by atoms with Crippen LogP contribution in [0.5, 0.6) is 0 Å². The Morgan fingerprint density at radius 1 is 1.00 bits per heavy atom. The summed E-state index contributed by atoms with van der Waals surface area (Å²) in [5.41, 5.74) is 6.59. The Morgan fingerprint density at radius 2 is 1.69 bits per heavy atom. The lowest BCUT2D eigenvalue weighted by molar-refractivity contribution is 0.272. The Bertz CT molecular complexity index is 1010. The summed E-state index contributed by atoms with van der Waals surface area (Å²) in [6.07, 6.45) is 2.19. The van der Waals surface area contributed by atoms with Gasteiger partial charge in [0, 0.05) is 29.1 Å². The summed E-state index contributed by atoms with van der Waals surface area (Å²) in [4.78, 5) is 11.7. The maximum absolute atomic E-state index is 9.84. The third-order valence-corrected chi connectivity index (χ3v) is 5.56. The molecule has 3 rings (SSSR count). The molecule has 0 spiro atoms. The lowest BCUT2D eigenvalue weighted by atomic mass is 9.92. The second kappa shape index (κ2) is 9.10. The zero-order valence-corrected chi connectivity index (χ0v) is 18.8. The molecule has 0 amide bonds. The number of fused-ring (bicyclic) bond motifs is 1. The van der Waals surface area contributed by atoms with Crippen molar-refractivity contribution in [1.82, 2.24) is 9.97 Å². The van der Waals surface area contributed by atoms with Gasteiger partial charge in [-0.15, -0.1) is 0 Å². The molecule has 0 radical (unpaired) electrons. The maximum atomic E-state index is 9.84. The minimum atomic E-state index is -0.192. The third kappa shape index (κ3) is 4.39. The number of aryl methyl sites for hydroxylation is 3. The van der Waals surface area contributed by atoms with Crippen molar-refractivity contribution in [1.29, 1.82) is 0 Å². The highest BCUT2D eigenvalue weighted by Gasteiger charge is 2.19. The standard InChI is InChI=1S/C24H30ClN3O/c1-6-8-9-28(7-2)24-20-13-18(25)12-19(23(20)26-21(14-29)27-24)22-16(4)10-15(3)11-17(22)5/h10-13,29H,6-9,14H2,1-5H3. The average molecular weight is 412 g/mol. The van der Waals surface area contributed by atoms with Gasteiger partial charge in [-0.2, -0.15) is 0 Å². The van der Waals surface area contributed by atoms with Crippen molar-refractivity contribution < 1.29 is 5.11 Å². The van der Waals surface area contributed by atoms with Crippen molar-refractivity contribution in [2.45, 2.75) is 54.1 Å². The Balaban J connectivity index is 2.35. The van der Waals surface area contributed by atoms with Gasteiger partial charge in [0.15, 0.2) is 5.82 Å². The van der Waals surface area contributed by atoms with E-state index in [1.807, 2.05) is 12.1 Å². The Labute approximate surface area is 178 Å². The molecular weight excluding hydrogens is 382 g/mol. The average Bonchev–Trinajstić information content (AvgIpc) is 2.67. The minimum Gasteiger partial charge on any atom is -0.388 e. The molecule has 0 unspecified atom stereocenters. The predicted molar refractivity (Wildman–Crippen MR) is 123 cm³/mol. The first kappa shape index (κ1) is 21.5. The number of halogens is 1. The molecule has 3 aromatic rings. The number of anilines is 1. The Morgan fingerprint density at radius 3 is 2.28 bits per heavy atom. The molecule has 1 aromatic heterocycles. The van der Waals surface area contributed by atoms with Crippen LogP contribution < -0.4 is 4.90 Å². The normalized spacial score (nSPS) is 11.3. The zero-order valence-electron chi connectivity index (χ0n) is 18.0. The van der Waals surface area contributed by atoms with E-state index in [9.17, 15) is 5.11 Å². The maximum Gasteiger partial charge on any atom is 0.156 e. The Kier molecular flexibility index (Phi) is 6.76. The van der Waals surface area contributed by atoms with E-state index in [1.54, 1.807) is 0 Å². The van der Waals surface area contributed by atoms with E-state index in [4.69, 9.17) is 16.6 Å². The lowest BCUT2D eigenvalue weighted by Gasteiger charge is -2.24. The number of benzene rings is 2. The molecule has 0 aliphatic rings. The van der Waals surface area contributed by atoms with Crippen LogP contribution in [-0.4, -0.2) is 28.2 Å². The quantitative estimate of drug-likeness (QED) is 0.518. The van der Waals surface area contributed by atoms with Crippen LogP contribution in [0.1, 0.15) is 49.2 Å². The summed E-state index contributed by atoms with van der Waals surface area (Å²) in [7, 11) is 0. The van der Waals surface area contributed by atoms with E-state index in [0.29, 0.717) is 10.8 Å². The highest BCUT2D eigenvalue weighted by molar-refractivity contribution is 6.32. The van der Waals surface area contributed by atoms with Crippen LogP contribution in [0.4, 0.5) is 5.82 Å². The number of unbranched alkanes of at least 4 members (excludes halogenated alkanes) is 1. The Hall–Kier alpha value is -2.17. The van der Waals surface area contributed by atoms with Gasteiger partial charge in [0.2, 0.25) is 0 Å². The van der Waals surface area contributed by atoms with Crippen LogP contribution in [0, 0.1) is 20.8 Å². The second-order valence-electron chi connectivity index (χ2n) is 7.68. The molecule has 2 aromatic carbocycles. The molecule has 0 saturated heterocycles. The highest BCUT2D eigenvalue weighted by atomic mass is 35.5. The van der Waals surface area contributed by atoms with Crippen molar-refractivity contribution in [3.8, 4) is 11.1 Å². The molecule has 1 N–H and O–H groups in total. The molecule has 0 saturated carbocycles. The molecule has 154 valence electrons. The first-order valence-corrected chi connectivity index (χ1v) is 10.7.